The summed E-state index contributed by atoms with van der Waals surface area (Å²) in [5, 5.41) is 0. The van der Waals surface area contributed by atoms with E-state index in [1.807, 2.05) is 24.3 Å². The van der Waals surface area contributed by atoms with E-state index in [0.717, 1.165) is 5.56 Å². The molecule has 1 aromatic carbocycles. The maximum absolute atomic E-state index is 5.22. The fourth-order valence-corrected chi connectivity index (χ4v) is 0.773. The van der Waals surface area contributed by atoms with Crippen LogP contribution in [0.5, 0.6) is 0 Å². The average Bonchev–Trinajstić information content (AvgIpc) is 2.23. The van der Waals surface area contributed by atoms with Crippen molar-refractivity contribution in [1.29, 1.82) is 0 Å². The molecule has 0 saturated heterocycles. The van der Waals surface area contributed by atoms with Gasteiger partial charge < -0.3 is 4.74 Å². The Morgan fingerprint density at radius 3 is 2.85 bits per heavy atom. The number of ether oxygens (including phenoxy) is 1. The zero-order valence-corrected chi connectivity index (χ0v) is 12.1. The van der Waals surface area contributed by atoms with Crippen LogP contribution >= 0.6 is 13.6 Å². The molecule has 3 heteroatoms. The molecular weight excluding hydrogens is 281 g/mol. The third-order valence-electron chi connectivity index (χ3n) is 1.27. The first-order valence-electron chi connectivity index (χ1n) is 3.84. The molecule has 0 saturated carbocycles. The van der Waals surface area contributed by atoms with Crippen LogP contribution < -0.4 is 0 Å². The van der Waals surface area contributed by atoms with Gasteiger partial charge in [0.25, 0.3) is 0 Å². The van der Waals surface area contributed by atoms with Gasteiger partial charge in [0.05, 0.1) is 6.61 Å². The molecule has 0 fully saturated rings. The Labute approximate surface area is 96.2 Å². The van der Waals surface area contributed by atoms with Gasteiger partial charge in [0, 0.05) is 6.61 Å². The Balaban J connectivity index is 0.000000671. The first-order valence-corrected chi connectivity index (χ1v) is 10.8. The SMILES string of the molecule is C=CCOCc1[c-]cccc1.[Zn+][Br]. The Morgan fingerprint density at radius 1 is 1.54 bits per heavy atom. The van der Waals surface area contributed by atoms with Crippen molar-refractivity contribution in [2.24, 2.45) is 0 Å². The number of halogens is 1. The van der Waals surface area contributed by atoms with Crippen molar-refractivity contribution in [2.45, 2.75) is 6.61 Å². The van der Waals surface area contributed by atoms with Crippen molar-refractivity contribution in [3.05, 3.63) is 48.6 Å². The van der Waals surface area contributed by atoms with Gasteiger partial charge in [-0.2, -0.15) is 30.3 Å². The molecule has 0 aromatic heterocycles. The van der Waals surface area contributed by atoms with E-state index >= 15 is 0 Å². The van der Waals surface area contributed by atoms with Crippen molar-refractivity contribution in [2.75, 3.05) is 6.61 Å². The van der Waals surface area contributed by atoms with E-state index in [1.165, 1.54) is 16.3 Å². The van der Waals surface area contributed by atoms with Crippen molar-refractivity contribution >= 4 is 13.6 Å². The van der Waals surface area contributed by atoms with Crippen molar-refractivity contribution in [3.63, 3.8) is 0 Å². The van der Waals surface area contributed by atoms with Crippen LogP contribution in [0, 0.1) is 6.07 Å². The van der Waals surface area contributed by atoms with Gasteiger partial charge in [-0.1, -0.05) is 6.08 Å². The molecule has 13 heavy (non-hydrogen) atoms. The summed E-state index contributed by atoms with van der Waals surface area (Å²) in [6.45, 7) is 4.77. The van der Waals surface area contributed by atoms with E-state index in [2.05, 4.69) is 26.3 Å². The summed E-state index contributed by atoms with van der Waals surface area (Å²) in [6.07, 6.45) is 1.74. The molecule has 0 aliphatic heterocycles. The van der Waals surface area contributed by atoms with E-state index in [0.29, 0.717) is 13.2 Å². The van der Waals surface area contributed by atoms with Crippen LogP contribution in [-0.4, -0.2) is 6.61 Å². The molecule has 1 rings (SSSR count). The first-order chi connectivity index (χ1) is 6.43. The normalized spacial score (nSPS) is 8.54. The predicted molar refractivity (Wildman–Crippen MR) is 54.1 cm³/mol. The first kappa shape index (κ1) is 13.0. The molecule has 0 amide bonds. The number of benzene rings is 1. The molecule has 0 aliphatic rings. The summed E-state index contributed by atoms with van der Waals surface area (Å²) in [7, 11) is 0. The molecule has 0 bridgehead atoms. The quantitative estimate of drug-likeness (QED) is 0.359. The van der Waals surface area contributed by atoms with Gasteiger partial charge in [-0.25, -0.2) is 0 Å². The van der Waals surface area contributed by atoms with E-state index in [-0.39, 0.29) is 0 Å². The fraction of sp³-hybridized carbons (Fsp3) is 0.200. The van der Waals surface area contributed by atoms with Gasteiger partial charge in [0.1, 0.15) is 0 Å². The summed E-state index contributed by atoms with van der Waals surface area (Å²) in [5.74, 6) is 0. The van der Waals surface area contributed by atoms with Crippen LogP contribution in [-0.2, 0) is 27.7 Å². The van der Waals surface area contributed by atoms with Gasteiger partial charge >= 0.3 is 30.0 Å². The summed E-state index contributed by atoms with van der Waals surface area (Å²) in [6, 6.07) is 10.9. The summed E-state index contributed by atoms with van der Waals surface area (Å²) >= 11 is 4.25. The Hall–Kier alpha value is 0.0234. The molecule has 66 valence electrons. The van der Waals surface area contributed by atoms with E-state index in [9.17, 15) is 0 Å². The van der Waals surface area contributed by atoms with Crippen LogP contribution in [0.2, 0.25) is 0 Å². The second kappa shape index (κ2) is 10.1. The van der Waals surface area contributed by atoms with Crippen LogP contribution in [0.15, 0.2) is 36.9 Å². The van der Waals surface area contributed by atoms with Crippen molar-refractivity contribution in [3.8, 4) is 0 Å². The summed E-state index contributed by atoms with van der Waals surface area (Å²) < 4.78 is 5.22. The van der Waals surface area contributed by atoms with Crippen LogP contribution in [0.25, 0.3) is 0 Å². The number of rotatable bonds is 4. The van der Waals surface area contributed by atoms with Crippen molar-refractivity contribution in [1.82, 2.24) is 0 Å². The van der Waals surface area contributed by atoms with E-state index < -0.39 is 0 Å². The molecule has 0 heterocycles. The minimum atomic E-state index is 0.600. The second-order valence-corrected chi connectivity index (χ2v) is 2.19. The molecule has 0 unspecified atom stereocenters. The van der Waals surface area contributed by atoms with Crippen LogP contribution in [0.3, 0.4) is 0 Å². The monoisotopic (exact) mass is 290 g/mol. The molecule has 1 nitrogen and oxygen atoms in total. The Kier molecular flexibility index (Phi) is 10.1. The second-order valence-electron chi connectivity index (χ2n) is 2.19. The third kappa shape index (κ3) is 7.12. The van der Waals surface area contributed by atoms with Crippen LogP contribution in [0.4, 0.5) is 0 Å². The predicted octanol–water partition coefficient (Wildman–Crippen LogP) is 3.03. The molecule has 0 aliphatic carbocycles. The maximum atomic E-state index is 5.22. The van der Waals surface area contributed by atoms with Gasteiger partial charge in [-0.3, -0.25) is 0 Å². The standard InChI is InChI=1S/C10H11O.BrH.Zn/c1-2-8-11-9-10-6-4-3-5-7-10;;/h2-6H,1,8-9H2;1H;/q-1;;+2/p-1. The summed E-state index contributed by atoms with van der Waals surface area (Å²) in [5.41, 5.74) is 1.08. The molecule has 0 N–H and O–H groups in total. The van der Waals surface area contributed by atoms with Gasteiger partial charge in [0.2, 0.25) is 0 Å². The number of hydrogen-bond donors (Lipinski definition) is 0. The van der Waals surface area contributed by atoms with Crippen LogP contribution in [0.1, 0.15) is 5.56 Å². The zero-order valence-electron chi connectivity index (χ0n) is 7.50. The molecular formula is C10H11BrOZn. The minimum absolute atomic E-state index is 0.600. The average molecular weight is 292 g/mol. The molecule has 0 radical (unpaired) electrons. The van der Waals surface area contributed by atoms with Gasteiger partial charge in [-0.15, -0.1) is 12.1 Å². The van der Waals surface area contributed by atoms with E-state index in [1.54, 1.807) is 6.08 Å². The third-order valence-corrected chi connectivity index (χ3v) is 1.27. The van der Waals surface area contributed by atoms with Gasteiger partial charge in [0.15, 0.2) is 0 Å². The fourth-order valence-electron chi connectivity index (χ4n) is 0.773. The Bertz CT molecular complexity index is 213. The topological polar surface area (TPSA) is 9.23 Å². The summed E-state index contributed by atoms with van der Waals surface area (Å²) in [4.78, 5) is 0. The molecule has 1 aromatic rings. The zero-order chi connectivity index (χ0) is 9.94. The van der Waals surface area contributed by atoms with Gasteiger partial charge in [-0.05, 0) is 0 Å². The Morgan fingerprint density at radius 2 is 2.31 bits per heavy atom. The van der Waals surface area contributed by atoms with Crippen molar-refractivity contribution < 1.29 is 21.1 Å². The molecule has 0 atom stereocenters. The van der Waals surface area contributed by atoms with E-state index in [4.69, 9.17) is 4.74 Å². The number of hydrogen-bond acceptors (Lipinski definition) is 1. The molecule has 0 spiro atoms.